The van der Waals surface area contributed by atoms with E-state index in [2.05, 4.69) is 23.6 Å². The first-order chi connectivity index (χ1) is 15.8. The number of rotatable bonds is 12. The van der Waals surface area contributed by atoms with Crippen molar-refractivity contribution in [1.82, 2.24) is 0 Å². The zero-order chi connectivity index (χ0) is 22.2. The van der Waals surface area contributed by atoms with Gasteiger partial charge in [-0.2, -0.15) is 0 Å². The lowest BCUT2D eigenvalue weighted by Crippen LogP contribution is -3.00. The van der Waals surface area contributed by atoms with E-state index in [-0.39, 0.29) is 18.2 Å². The van der Waals surface area contributed by atoms with Crippen LogP contribution in [0, 0.1) is 5.82 Å². The van der Waals surface area contributed by atoms with E-state index in [4.69, 9.17) is 9.47 Å². The highest BCUT2D eigenvalue weighted by molar-refractivity contribution is 5.99. The summed E-state index contributed by atoms with van der Waals surface area (Å²) < 4.78 is 28.0. The quantitative estimate of drug-likeness (QED) is 0.343. The number of hydrogen-bond donors (Lipinski definition) is 0. The molecule has 0 N–H and O–H groups in total. The van der Waals surface area contributed by atoms with Gasteiger partial charge in [0.2, 0.25) is 6.79 Å². The third-order valence-corrected chi connectivity index (χ3v) is 6.78. The first-order valence-corrected chi connectivity index (χ1v) is 12.5. The number of halogens is 2. The molecule has 0 bridgehead atoms. The summed E-state index contributed by atoms with van der Waals surface area (Å²) in [7, 11) is 0. The molecule has 2 aliphatic rings. The molecule has 2 aromatic rings. The number of unbranched alkanes of at least 4 members (excludes halogenated alkanes) is 8. The molecule has 0 radical (unpaired) electrons. The van der Waals surface area contributed by atoms with Crippen molar-refractivity contribution in [3.8, 4) is 11.5 Å². The van der Waals surface area contributed by atoms with Crippen LogP contribution < -0.4 is 21.9 Å². The van der Waals surface area contributed by atoms with Crippen LogP contribution in [0.1, 0.15) is 87.8 Å². The summed E-state index contributed by atoms with van der Waals surface area (Å²) in [4.78, 5) is 0. The van der Waals surface area contributed by atoms with E-state index >= 15 is 0 Å². The third kappa shape index (κ3) is 6.72. The van der Waals surface area contributed by atoms with Crippen molar-refractivity contribution < 1.29 is 30.8 Å². The Morgan fingerprint density at radius 3 is 2.27 bits per heavy atom. The molecule has 3 nitrogen and oxygen atoms in total. The summed E-state index contributed by atoms with van der Waals surface area (Å²) >= 11 is 0. The second-order valence-electron chi connectivity index (χ2n) is 9.15. The molecule has 33 heavy (non-hydrogen) atoms. The van der Waals surface area contributed by atoms with Gasteiger partial charge in [-0.05, 0) is 36.2 Å². The largest absolute Gasteiger partial charge is 1.00 e. The normalized spacial score (nSPS) is 14.2. The predicted molar refractivity (Wildman–Crippen MR) is 127 cm³/mol. The van der Waals surface area contributed by atoms with E-state index in [1.165, 1.54) is 74.6 Å². The number of ether oxygens (including phenoxy) is 2. The van der Waals surface area contributed by atoms with E-state index < -0.39 is 0 Å². The lowest BCUT2D eigenvalue weighted by Gasteiger charge is -2.20. The van der Waals surface area contributed by atoms with Crippen LogP contribution in [0.3, 0.4) is 0 Å². The first kappa shape index (κ1) is 25.6. The summed E-state index contributed by atoms with van der Waals surface area (Å²) in [6.45, 7) is 4.09. The average molecular weight is 474 g/mol. The standard InChI is InChI=1S/C28H37FNO2.ClH/c1-2-3-4-5-6-7-8-9-10-15-26-24-19-28-27(31-21-32-28)18-22(24)16-17-30(26)20-23-13-11-12-14-25(23)29;/h11-14,18-19H,2-10,15-17,20-21H2,1H3;1H/q+1;/p-1. The van der Waals surface area contributed by atoms with Crippen LogP contribution in [0.15, 0.2) is 36.4 Å². The Bertz CT molecular complexity index is 943. The van der Waals surface area contributed by atoms with Crippen LogP contribution in [-0.4, -0.2) is 23.6 Å². The molecule has 0 amide bonds. The Balaban J connectivity index is 0.00000306. The van der Waals surface area contributed by atoms with Crippen LogP contribution in [-0.2, 0) is 13.0 Å². The number of benzene rings is 2. The minimum atomic E-state index is -0.119. The summed E-state index contributed by atoms with van der Waals surface area (Å²) in [5, 5.41) is 0. The Kier molecular flexibility index (Phi) is 10.1. The molecule has 0 aromatic heterocycles. The van der Waals surface area contributed by atoms with Crippen molar-refractivity contribution in [3.05, 3.63) is 58.9 Å². The second-order valence-corrected chi connectivity index (χ2v) is 9.15. The number of hydrogen-bond acceptors (Lipinski definition) is 2. The highest BCUT2D eigenvalue weighted by Gasteiger charge is 2.29. The van der Waals surface area contributed by atoms with E-state index in [0.717, 1.165) is 36.4 Å². The molecule has 0 spiro atoms. The van der Waals surface area contributed by atoms with Gasteiger partial charge >= 0.3 is 0 Å². The lowest BCUT2D eigenvalue weighted by atomic mass is 9.92. The molecule has 2 aliphatic heterocycles. The highest BCUT2D eigenvalue weighted by Crippen LogP contribution is 2.37. The van der Waals surface area contributed by atoms with E-state index in [9.17, 15) is 4.39 Å². The molecule has 0 unspecified atom stereocenters. The highest BCUT2D eigenvalue weighted by atomic mass is 35.5. The maximum absolute atomic E-state index is 14.4. The zero-order valence-corrected chi connectivity index (χ0v) is 20.6. The van der Waals surface area contributed by atoms with Gasteiger partial charge in [-0.15, -0.1) is 0 Å². The maximum Gasteiger partial charge on any atom is 0.231 e. The van der Waals surface area contributed by atoms with Crippen LogP contribution >= 0.6 is 0 Å². The molecule has 180 valence electrons. The summed E-state index contributed by atoms with van der Waals surface area (Å²) in [5.41, 5.74) is 4.68. The lowest BCUT2D eigenvalue weighted by molar-refractivity contribution is -0.546. The fraction of sp³-hybridized carbons (Fsp3) is 0.536. The molecule has 5 heteroatoms. The molecular formula is C28H37ClFNO2. The van der Waals surface area contributed by atoms with Gasteiger partial charge in [0.05, 0.1) is 5.56 Å². The van der Waals surface area contributed by atoms with Crippen molar-refractivity contribution in [2.75, 3.05) is 13.3 Å². The van der Waals surface area contributed by atoms with Gasteiger partial charge in [-0.1, -0.05) is 70.4 Å². The van der Waals surface area contributed by atoms with E-state index in [1.54, 1.807) is 12.1 Å². The van der Waals surface area contributed by atoms with Gasteiger partial charge in [0.1, 0.15) is 12.4 Å². The van der Waals surface area contributed by atoms with Crippen LogP contribution in [0.5, 0.6) is 11.5 Å². The summed E-state index contributed by atoms with van der Waals surface area (Å²) in [6, 6.07) is 11.4. The van der Waals surface area contributed by atoms with Crippen molar-refractivity contribution in [2.24, 2.45) is 0 Å². The van der Waals surface area contributed by atoms with Gasteiger partial charge in [0.15, 0.2) is 23.8 Å². The molecule has 0 atom stereocenters. The third-order valence-electron chi connectivity index (χ3n) is 6.78. The van der Waals surface area contributed by atoms with Crippen molar-refractivity contribution in [1.29, 1.82) is 0 Å². The monoisotopic (exact) mass is 473 g/mol. The van der Waals surface area contributed by atoms with Crippen LogP contribution in [0.2, 0.25) is 0 Å². The Morgan fingerprint density at radius 1 is 0.879 bits per heavy atom. The minimum absolute atomic E-state index is 0. The van der Waals surface area contributed by atoms with E-state index in [0.29, 0.717) is 13.3 Å². The minimum Gasteiger partial charge on any atom is -1.00 e. The molecule has 0 fully saturated rings. The average Bonchev–Trinajstić information content (AvgIpc) is 3.26. The van der Waals surface area contributed by atoms with Crippen LogP contribution in [0.25, 0.3) is 0 Å². The Hall–Kier alpha value is -2.07. The summed E-state index contributed by atoms with van der Waals surface area (Å²) in [5.74, 6) is 1.57. The van der Waals surface area contributed by atoms with Gasteiger partial charge in [-0.3, -0.25) is 0 Å². The van der Waals surface area contributed by atoms with Crippen molar-refractivity contribution in [3.63, 3.8) is 0 Å². The van der Waals surface area contributed by atoms with Gasteiger partial charge in [-0.25, -0.2) is 8.97 Å². The zero-order valence-electron chi connectivity index (χ0n) is 19.9. The topological polar surface area (TPSA) is 21.5 Å². The number of fused-ring (bicyclic) bond motifs is 2. The molecule has 0 aliphatic carbocycles. The van der Waals surface area contributed by atoms with Gasteiger partial charge in [0, 0.05) is 18.4 Å². The second kappa shape index (κ2) is 13.0. The van der Waals surface area contributed by atoms with E-state index in [1.807, 2.05) is 12.1 Å². The Labute approximate surface area is 204 Å². The molecule has 2 heterocycles. The molecule has 4 rings (SSSR count). The fourth-order valence-corrected chi connectivity index (χ4v) is 4.92. The first-order valence-electron chi connectivity index (χ1n) is 12.5. The van der Waals surface area contributed by atoms with Crippen molar-refractivity contribution >= 4 is 5.71 Å². The molecule has 0 saturated heterocycles. The number of nitrogens with zero attached hydrogens (tertiary/aromatic N) is 1. The van der Waals surface area contributed by atoms with Gasteiger partial charge < -0.3 is 21.9 Å². The molecule has 2 aromatic carbocycles. The smallest absolute Gasteiger partial charge is 0.231 e. The molecule has 0 saturated carbocycles. The Morgan fingerprint density at radius 2 is 1.55 bits per heavy atom. The molecular weight excluding hydrogens is 437 g/mol. The van der Waals surface area contributed by atoms with Crippen LogP contribution in [0.4, 0.5) is 4.39 Å². The van der Waals surface area contributed by atoms with Crippen molar-refractivity contribution in [2.45, 2.75) is 84.1 Å². The SMILES string of the molecule is CCCCCCCCCCCC1=[N+](Cc2ccccc2F)CCc2cc3c(cc21)OCO3.[Cl-]. The maximum atomic E-state index is 14.4. The fourth-order valence-electron chi connectivity index (χ4n) is 4.92. The summed E-state index contributed by atoms with van der Waals surface area (Å²) in [6.07, 6.45) is 13.8. The predicted octanol–water partition coefficient (Wildman–Crippen LogP) is 4.04. The van der Waals surface area contributed by atoms with Gasteiger partial charge in [0.25, 0.3) is 0 Å².